The van der Waals surface area contributed by atoms with Crippen molar-refractivity contribution in [2.24, 2.45) is 0 Å². The molecule has 0 aliphatic heterocycles. The summed E-state index contributed by atoms with van der Waals surface area (Å²) in [6.07, 6.45) is 0. The number of benzene rings is 3. The van der Waals surface area contributed by atoms with Gasteiger partial charge in [0.1, 0.15) is 23.7 Å². The minimum absolute atomic E-state index is 0.0416. The summed E-state index contributed by atoms with van der Waals surface area (Å²) >= 11 is 0. The Bertz CT molecular complexity index is 1370. The molecule has 0 aliphatic carbocycles. The van der Waals surface area contributed by atoms with Gasteiger partial charge in [-0.15, -0.1) is 0 Å². The second-order valence-electron chi connectivity index (χ2n) is 7.48. The Labute approximate surface area is 184 Å². The standard InChI is InChI=1S/C25H21NO6/c1-15-10-21-18(12-25(27)32-24(21)11-16(15)2)14-31-23-9-6-19(26(28)29)13-22(23)17-4-7-20(30-3)8-5-17/h4-13H,14H2,1-3H3. The minimum atomic E-state index is -0.460. The van der Waals surface area contributed by atoms with Gasteiger partial charge in [-0.25, -0.2) is 4.79 Å². The van der Waals surface area contributed by atoms with Crippen molar-refractivity contribution >= 4 is 16.7 Å². The maximum atomic E-state index is 12.1. The van der Waals surface area contributed by atoms with Crippen LogP contribution in [0.25, 0.3) is 22.1 Å². The van der Waals surface area contributed by atoms with Gasteiger partial charge in [0.2, 0.25) is 0 Å². The molecule has 0 atom stereocenters. The maximum Gasteiger partial charge on any atom is 0.336 e. The van der Waals surface area contributed by atoms with Crippen LogP contribution in [0.4, 0.5) is 5.69 Å². The average Bonchev–Trinajstić information content (AvgIpc) is 2.78. The van der Waals surface area contributed by atoms with Crippen molar-refractivity contribution < 1.29 is 18.8 Å². The lowest BCUT2D eigenvalue weighted by Gasteiger charge is -2.14. The molecule has 1 aromatic heterocycles. The third kappa shape index (κ3) is 4.18. The quantitative estimate of drug-likeness (QED) is 0.225. The fourth-order valence-corrected chi connectivity index (χ4v) is 3.51. The van der Waals surface area contributed by atoms with E-state index in [4.69, 9.17) is 13.9 Å². The number of hydrogen-bond donors (Lipinski definition) is 0. The molecule has 4 aromatic rings. The third-order valence-corrected chi connectivity index (χ3v) is 5.40. The fraction of sp³-hybridized carbons (Fsp3) is 0.160. The van der Waals surface area contributed by atoms with E-state index in [0.29, 0.717) is 28.2 Å². The number of nitro groups is 1. The first kappa shape index (κ1) is 21.1. The monoisotopic (exact) mass is 431 g/mol. The first-order valence-corrected chi connectivity index (χ1v) is 9.95. The highest BCUT2D eigenvalue weighted by atomic mass is 16.6. The molecule has 0 spiro atoms. The van der Waals surface area contributed by atoms with E-state index in [1.54, 1.807) is 25.3 Å². The van der Waals surface area contributed by atoms with Gasteiger partial charge in [0, 0.05) is 34.7 Å². The summed E-state index contributed by atoms with van der Waals surface area (Å²) in [4.78, 5) is 22.9. The van der Waals surface area contributed by atoms with Crippen molar-refractivity contribution in [2.75, 3.05) is 7.11 Å². The van der Waals surface area contributed by atoms with Gasteiger partial charge in [0.25, 0.3) is 5.69 Å². The molecule has 4 rings (SSSR count). The number of ether oxygens (including phenoxy) is 2. The van der Waals surface area contributed by atoms with Gasteiger partial charge in [-0.1, -0.05) is 12.1 Å². The zero-order chi connectivity index (χ0) is 22.8. The second kappa shape index (κ2) is 8.55. The lowest BCUT2D eigenvalue weighted by molar-refractivity contribution is -0.384. The molecule has 3 aromatic carbocycles. The highest BCUT2D eigenvalue weighted by Crippen LogP contribution is 2.35. The molecule has 162 valence electrons. The maximum absolute atomic E-state index is 12.1. The highest BCUT2D eigenvalue weighted by molar-refractivity contribution is 5.82. The number of rotatable bonds is 6. The van der Waals surface area contributed by atoms with E-state index >= 15 is 0 Å². The lowest BCUT2D eigenvalue weighted by atomic mass is 10.0. The van der Waals surface area contributed by atoms with E-state index in [1.165, 1.54) is 18.2 Å². The molecule has 7 heteroatoms. The van der Waals surface area contributed by atoms with Crippen molar-refractivity contribution in [1.82, 2.24) is 0 Å². The molecule has 0 amide bonds. The largest absolute Gasteiger partial charge is 0.497 e. The summed E-state index contributed by atoms with van der Waals surface area (Å²) < 4.78 is 16.6. The highest BCUT2D eigenvalue weighted by Gasteiger charge is 2.15. The summed E-state index contributed by atoms with van der Waals surface area (Å²) in [5.41, 5.74) is 4.09. The number of hydrogen-bond acceptors (Lipinski definition) is 6. The summed E-state index contributed by atoms with van der Waals surface area (Å²) in [6, 6.07) is 16.8. The van der Waals surface area contributed by atoms with E-state index in [-0.39, 0.29) is 12.3 Å². The van der Waals surface area contributed by atoms with Crippen LogP contribution in [0.15, 0.2) is 69.9 Å². The molecule has 7 nitrogen and oxygen atoms in total. The molecule has 0 aliphatic rings. The van der Waals surface area contributed by atoms with Gasteiger partial charge in [-0.3, -0.25) is 10.1 Å². The number of fused-ring (bicyclic) bond motifs is 1. The molecule has 32 heavy (non-hydrogen) atoms. The van der Waals surface area contributed by atoms with Crippen LogP contribution in [-0.4, -0.2) is 12.0 Å². The molecule has 0 saturated heterocycles. The molecular weight excluding hydrogens is 410 g/mol. The van der Waals surface area contributed by atoms with Crippen molar-refractivity contribution in [1.29, 1.82) is 0 Å². The Morgan fingerprint density at radius 1 is 0.969 bits per heavy atom. The normalized spacial score (nSPS) is 10.8. The number of methoxy groups -OCH3 is 1. The third-order valence-electron chi connectivity index (χ3n) is 5.40. The molecule has 0 saturated carbocycles. The predicted octanol–water partition coefficient (Wildman–Crippen LogP) is 5.57. The van der Waals surface area contributed by atoms with E-state index in [1.807, 2.05) is 38.1 Å². The van der Waals surface area contributed by atoms with Crippen LogP contribution in [0, 0.1) is 24.0 Å². The summed E-state index contributed by atoms with van der Waals surface area (Å²) in [6.45, 7) is 4.05. The topological polar surface area (TPSA) is 91.8 Å². The van der Waals surface area contributed by atoms with Crippen LogP contribution in [-0.2, 0) is 6.61 Å². The molecule has 0 fully saturated rings. The summed E-state index contributed by atoms with van der Waals surface area (Å²) in [7, 11) is 1.57. The number of aryl methyl sites for hydroxylation is 2. The lowest BCUT2D eigenvalue weighted by Crippen LogP contribution is -2.05. The first-order valence-electron chi connectivity index (χ1n) is 9.95. The van der Waals surface area contributed by atoms with Crippen LogP contribution in [0.3, 0.4) is 0 Å². The van der Waals surface area contributed by atoms with Crippen molar-refractivity contribution in [3.05, 3.63) is 97.9 Å². The second-order valence-corrected chi connectivity index (χ2v) is 7.48. The van der Waals surface area contributed by atoms with Crippen LogP contribution >= 0.6 is 0 Å². The van der Waals surface area contributed by atoms with Crippen LogP contribution < -0.4 is 15.1 Å². The zero-order valence-corrected chi connectivity index (χ0v) is 17.9. The fourth-order valence-electron chi connectivity index (χ4n) is 3.51. The Kier molecular flexibility index (Phi) is 5.64. The summed E-state index contributed by atoms with van der Waals surface area (Å²) in [5, 5.41) is 12.1. The van der Waals surface area contributed by atoms with Crippen LogP contribution in [0.5, 0.6) is 11.5 Å². The van der Waals surface area contributed by atoms with E-state index < -0.39 is 10.5 Å². The summed E-state index contributed by atoms with van der Waals surface area (Å²) in [5.74, 6) is 1.14. The van der Waals surface area contributed by atoms with Gasteiger partial charge in [0.05, 0.1) is 12.0 Å². The number of non-ortho nitro benzene ring substituents is 1. The number of nitrogens with zero attached hydrogens (tertiary/aromatic N) is 1. The Hall–Kier alpha value is -4.13. The molecule has 0 unspecified atom stereocenters. The molecule has 0 radical (unpaired) electrons. The van der Waals surface area contributed by atoms with Gasteiger partial charge in [0.15, 0.2) is 0 Å². The van der Waals surface area contributed by atoms with Crippen molar-refractivity contribution in [3.8, 4) is 22.6 Å². The van der Waals surface area contributed by atoms with Crippen molar-refractivity contribution in [2.45, 2.75) is 20.5 Å². The molecule has 0 N–H and O–H groups in total. The Morgan fingerprint density at radius 3 is 2.38 bits per heavy atom. The molecular formula is C25H21NO6. The smallest absolute Gasteiger partial charge is 0.336 e. The Balaban J connectivity index is 1.74. The molecule has 0 bridgehead atoms. The van der Waals surface area contributed by atoms with Gasteiger partial charge in [-0.05, 0) is 60.9 Å². The van der Waals surface area contributed by atoms with Gasteiger partial charge in [-0.2, -0.15) is 0 Å². The predicted molar refractivity (Wildman–Crippen MR) is 121 cm³/mol. The van der Waals surface area contributed by atoms with Gasteiger partial charge < -0.3 is 13.9 Å². The minimum Gasteiger partial charge on any atom is -0.497 e. The SMILES string of the molecule is COc1ccc(-c2cc([N+](=O)[O-])ccc2OCc2cc(=O)oc3cc(C)c(C)cc23)cc1. The van der Waals surface area contributed by atoms with Gasteiger partial charge >= 0.3 is 5.63 Å². The average molecular weight is 431 g/mol. The first-order chi connectivity index (χ1) is 15.4. The Morgan fingerprint density at radius 2 is 1.69 bits per heavy atom. The number of nitro benzene ring substituents is 1. The van der Waals surface area contributed by atoms with Crippen LogP contribution in [0.1, 0.15) is 16.7 Å². The van der Waals surface area contributed by atoms with Crippen molar-refractivity contribution in [3.63, 3.8) is 0 Å². The molecule has 1 heterocycles. The zero-order valence-electron chi connectivity index (χ0n) is 17.9. The van der Waals surface area contributed by atoms with E-state index in [0.717, 1.165) is 22.1 Å². The van der Waals surface area contributed by atoms with Crippen LogP contribution in [0.2, 0.25) is 0 Å². The van der Waals surface area contributed by atoms with E-state index in [2.05, 4.69) is 0 Å². The van der Waals surface area contributed by atoms with E-state index in [9.17, 15) is 14.9 Å².